The van der Waals surface area contributed by atoms with Crippen LogP contribution in [0.3, 0.4) is 0 Å². The second-order valence-electron chi connectivity index (χ2n) is 2.79. The van der Waals surface area contributed by atoms with Crippen molar-refractivity contribution in [3.63, 3.8) is 0 Å². The molecule has 0 atom stereocenters. The van der Waals surface area contributed by atoms with Crippen LogP contribution in [0, 0.1) is 11.3 Å². The van der Waals surface area contributed by atoms with E-state index in [9.17, 15) is 0 Å². The summed E-state index contributed by atoms with van der Waals surface area (Å²) in [6.07, 6.45) is 6.69. The number of nitriles is 1. The largest absolute Gasteiger partial charge is 0.268 e. The van der Waals surface area contributed by atoms with E-state index in [4.69, 9.17) is 5.26 Å². The number of nitrogens with one attached hydrogen (secondary N) is 1. The van der Waals surface area contributed by atoms with E-state index >= 15 is 0 Å². The van der Waals surface area contributed by atoms with Gasteiger partial charge in [0.05, 0.1) is 12.6 Å². The highest BCUT2D eigenvalue weighted by Crippen LogP contribution is 1.91. The van der Waals surface area contributed by atoms with Gasteiger partial charge in [-0.3, -0.25) is 0 Å². The number of hydrogen-bond donors (Lipinski definition) is 1. The molecule has 1 heterocycles. The molecule has 0 unspecified atom stereocenters. The quantitative estimate of drug-likeness (QED) is 0.667. The van der Waals surface area contributed by atoms with Gasteiger partial charge in [-0.1, -0.05) is 13.3 Å². The number of nitrogens with zero attached hydrogens (tertiary/aromatic N) is 2. The highest BCUT2D eigenvalue weighted by Gasteiger charge is 2.07. The van der Waals surface area contributed by atoms with Crippen LogP contribution in [-0.4, -0.2) is 4.98 Å². The zero-order valence-corrected chi connectivity index (χ0v) is 7.38. The molecule has 1 rings (SSSR count). The van der Waals surface area contributed by atoms with Gasteiger partial charge in [-0.25, -0.2) is 9.55 Å². The third kappa shape index (κ3) is 2.09. The molecule has 0 aliphatic carbocycles. The van der Waals surface area contributed by atoms with Crippen molar-refractivity contribution in [1.29, 1.82) is 5.26 Å². The van der Waals surface area contributed by atoms with Crippen LogP contribution in [0.15, 0.2) is 12.4 Å². The first-order valence-corrected chi connectivity index (χ1v) is 4.31. The highest BCUT2D eigenvalue weighted by molar-refractivity contribution is 4.88. The summed E-state index contributed by atoms with van der Waals surface area (Å²) in [5, 5.41) is 8.50. The van der Waals surface area contributed by atoms with Gasteiger partial charge in [0.15, 0.2) is 0 Å². The smallest absolute Gasteiger partial charge is 0.247 e. The number of H-pyrrole nitrogens is 1. The Kier molecular flexibility index (Phi) is 3.34. The van der Waals surface area contributed by atoms with E-state index in [-0.39, 0.29) is 0 Å². The molecule has 0 bridgehead atoms. The molecular weight excluding hydrogens is 150 g/mol. The summed E-state index contributed by atoms with van der Waals surface area (Å²) in [7, 11) is 0. The van der Waals surface area contributed by atoms with Crippen molar-refractivity contribution in [3.05, 3.63) is 18.2 Å². The van der Waals surface area contributed by atoms with Gasteiger partial charge in [-0.2, -0.15) is 5.26 Å². The topological polar surface area (TPSA) is 43.5 Å². The Bertz CT molecular complexity index is 270. The Balaban J connectivity index is 2.58. The number of aromatic amines is 1. The van der Waals surface area contributed by atoms with Gasteiger partial charge in [-0.15, -0.1) is 0 Å². The van der Waals surface area contributed by atoms with Crippen LogP contribution in [0.4, 0.5) is 0 Å². The fraction of sp³-hybridized carbons (Fsp3) is 0.556. The van der Waals surface area contributed by atoms with E-state index in [2.05, 4.69) is 22.5 Å². The molecule has 0 aliphatic heterocycles. The molecule has 0 aliphatic rings. The Morgan fingerprint density at radius 1 is 1.67 bits per heavy atom. The van der Waals surface area contributed by atoms with Crippen molar-refractivity contribution < 1.29 is 4.57 Å². The molecule has 0 fully saturated rings. The molecule has 1 aromatic rings. The molecule has 0 spiro atoms. The second-order valence-corrected chi connectivity index (χ2v) is 2.79. The average molecular weight is 164 g/mol. The Hall–Kier alpha value is -1.30. The average Bonchev–Trinajstić information content (AvgIpc) is 2.50. The first-order chi connectivity index (χ1) is 5.88. The van der Waals surface area contributed by atoms with Crippen LogP contribution in [0.25, 0.3) is 0 Å². The summed E-state index contributed by atoms with van der Waals surface area (Å²) in [5.74, 6) is 1.01. The highest BCUT2D eigenvalue weighted by atomic mass is 15.1. The number of rotatable bonds is 4. The van der Waals surface area contributed by atoms with Gasteiger partial charge in [0.1, 0.15) is 18.8 Å². The molecule has 0 amide bonds. The zero-order valence-electron chi connectivity index (χ0n) is 7.38. The zero-order chi connectivity index (χ0) is 8.81. The van der Waals surface area contributed by atoms with Crippen molar-refractivity contribution in [2.75, 3.05) is 0 Å². The molecule has 64 valence electrons. The minimum Gasteiger partial charge on any atom is -0.247 e. The first-order valence-electron chi connectivity index (χ1n) is 4.31. The minimum absolute atomic E-state index is 0.469. The van der Waals surface area contributed by atoms with Crippen LogP contribution < -0.4 is 4.57 Å². The fourth-order valence-corrected chi connectivity index (χ4v) is 1.16. The lowest BCUT2D eigenvalue weighted by Crippen LogP contribution is -2.35. The van der Waals surface area contributed by atoms with Crippen LogP contribution in [-0.2, 0) is 13.0 Å². The van der Waals surface area contributed by atoms with Gasteiger partial charge in [0.2, 0.25) is 0 Å². The summed E-state index contributed by atoms with van der Waals surface area (Å²) in [6, 6.07) is 2.13. The van der Waals surface area contributed by atoms with Crippen molar-refractivity contribution in [1.82, 2.24) is 4.98 Å². The maximum atomic E-state index is 8.50. The van der Waals surface area contributed by atoms with Crippen molar-refractivity contribution in [3.8, 4) is 6.07 Å². The number of aromatic nitrogens is 2. The summed E-state index contributed by atoms with van der Waals surface area (Å²) in [5.41, 5.74) is 0. The molecular formula is C9H14N3+. The lowest BCUT2D eigenvalue weighted by Gasteiger charge is -1.95. The third-order valence-corrected chi connectivity index (χ3v) is 1.85. The van der Waals surface area contributed by atoms with Crippen LogP contribution in [0.1, 0.15) is 25.6 Å². The Labute approximate surface area is 72.7 Å². The van der Waals surface area contributed by atoms with Gasteiger partial charge in [0.25, 0.3) is 5.82 Å². The molecule has 12 heavy (non-hydrogen) atoms. The van der Waals surface area contributed by atoms with E-state index in [0.29, 0.717) is 6.42 Å². The van der Waals surface area contributed by atoms with E-state index < -0.39 is 0 Å². The van der Waals surface area contributed by atoms with E-state index in [1.54, 1.807) is 0 Å². The molecule has 0 aromatic carbocycles. The minimum atomic E-state index is 0.469. The Morgan fingerprint density at radius 3 is 3.17 bits per heavy atom. The van der Waals surface area contributed by atoms with Crippen LogP contribution in [0.5, 0.6) is 0 Å². The predicted molar refractivity (Wildman–Crippen MR) is 45.2 cm³/mol. The SMILES string of the molecule is CCCC[n+]1cc[nH]c1CC#N. The van der Waals surface area contributed by atoms with E-state index in [0.717, 1.165) is 12.4 Å². The molecule has 0 saturated heterocycles. The second kappa shape index (κ2) is 4.55. The van der Waals surface area contributed by atoms with E-state index in [1.165, 1.54) is 12.8 Å². The number of imidazole rings is 1. The summed E-state index contributed by atoms with van der Waals surface area (Å²) in [4.78, 5) is 3.06. The van der Waals surface area contributed by atoms with Crippen molar-refractivity contribution in [2.45, 2.75) is 32.7 Å². The molecule has 1 N–H and O–H groups in total. The maximum Gasteiger partial charge on any atom is 0.268 e. The van der Waals surface area contributed by atoms with Crippen LogP contribution >= 0.6 is 0 Å². The number of hydrogen-bond acceptors (Lipinski definition) is 1. The monoisotopic (exact) mass is 164 g/mol. The molecule has 0 saturated carbocycles. The maximum absolute atomic E-state index is 8.50. The standard InChI is InChI=1S/C9H13N3/c1-2-3-7-12-8-6-11-9(12)4-5-10/h6,8H,2-4,7H2,1H3/p+1. The first kappa shape index (κ1) is 8.79. The van der Waals surface area contributed by atoms with Crippen molar-refractivity contribution >= 4 is 0 Å². The van der Waals surface area contributed by atoms with Gasteiger partial charge in [-0.05, 0) is 6.42 Å². The summed E-state index contributed by atoms with van der Waals surface area (Å²) in [6.45, 7) is 3.17. The summed E-state index contributed by atoms with van der Waals surface area (Å²) < 4.78 is 2.10. The number of unbranched alkanes of at least 4 members (excludes halogenated alkanes) is 1. The Morgan fingerprint density at radius 2 is 2.50 bits per heavy atom. The molecule has 0 radical (unpaired) electrons. The lowest BCUT2D eigenvalue weighted by atomic mass is 10.3. The molecule has 3 nitrogen and oxygen atoms in total. The molecule has 3 heteroatoms. The van der Waals surface area contributed by atoms with Crippen LogP contribution in [0.2, 0.25) is 0 Å². The van der Waals surface area contributed by atoms with E-state index in [1.807, 2.05) is 12.4 Å². The number of aryl methyl sites for hydroxylation is 1. The predicted octanol–water partition coefficient (Wildman–Crippen LogP) is 1.17. The third-order valence-electron chi connectivity index (χ3n) is 1.85. The normalized spacial score (nSPS) is 9.67. The van der Waals surface area contributed by atoms with Gasteiger partial charge in [0, 0.05) is 0 Å². The lowest BCUT2D eigenvalue weighted by molar-refractivity contribution is -0.702. The fourth-order valence-electron chi connectivity index (χ4n) is 1.16. The van der Waals surface area contributed by atoms with Crippen molar-refractivity contribution in [2.24, 2.45) is 0 Å². The molecule has 1 aromatic heterocycles. The van der Waals surface area contributed by atoms with Gasteiger partial charge < -0.3 is 0 Å². The summed E-state index contributed by atoms with van der Waals surface area (Å²) >= 11 is 0. The van der Waals surface area contributed by atoms with Gasteiger partial charge >= 0.3 is 0 Å².